The van der Waals surface area contributed by atoms with Crippen LogP contribution in [0.4, 0.5) is 5.82 Å². The molecule has 0 aliphatic carbocycles. The predicted octanol–water partition coefficient (Wildman–Crippen LogP) is 1.42. The number of carbonyl (C=O) groups excluding carboxylic acids is 1. The van der Waals surface area contributed by atoms with Crippen LogP contribution in [-0.2, 0) is 17.7 Å². The molecule has 4 rings (SSSR count). The van der Waals surface area contributed by atoms with Crippen LogP contribution in [0.5, 0.6) is 0 Å². The fourth-order valence-electron chi connectivity index (χ4n) is 3.70. The lowest BCUT2D eigenvalue weighted by Crippen LogP contribution is -2.37. The summed E-state index contributed by atoms with van der Waals surface area (Å²) in [6.45, 7) is 9.24. The van der Waals surface area contributed by atoms with Gasteiger partial charge in [-0.15, -0.1) is 5.10 Å². The number of nitrogens with two attached hydrogens (primary N) is 1. The molecular weight excluding hydrogens is 438 g/mol. The van der Waals surface area contributed by atoms with Crippen molar-refractivity contribution in [2.45, 2.75) is 33.7 Å². The Kier molecular flexibility index (Phi) is 7.28. The first-order chi connectivity index (χ1) is 16.4. The minimum atomic E-state index is -0.486. The van der Waals surface area contributed by atoms with Crippen LogP contribution < -0.4 is 11.2 Å². The van der Waals surface area contributed by atoms with Crippen LogP contribution in [0.3, 0.4) is 0 Å². The van der Waals surface area contributed by atoms with Gasteiger partial charge in [0.2, 0.25) is 11.6 Å². The third-order valence-electron chi connectivity index (χ3n) is 5.49. The molecule has 0 atom stereocenters. The van der Waals surface area contributed by atoms with Crippen LogP contribution in [-0.4, -0.2) is 68.1 Å². The topological polar surface area (TPSA) is 150 Å². The second-order valence-electron chi connectivity index (χ2n) is 8.59. The number of hydrogen-bond donors (Lipinski definition) is 2. The number of aromatic nitrogens is 5. The first kappa shape index (κ1) is 23.5. The van der Waals surface area contributed by atoms with Gasteiger partial charge in [0.15, 0.2) is 5.69 Å². The van der Waals surface area contributed by atoms with Gasteiger partial charge in [0.1, 0.15) is 0 Å². The molecule has 0 bridgehead atoms. The van der Waals surface area contributed by atoms with Gasteiger partial charge in [-0.1, -0.05) is 43.3 Å². The number of carbonyl (C=O) groups is 1. The highest BCUT2D eigenvalue weighted by molar-refractivity contribution is 6.00. The van der Waals surface area contributed by atoms with Crippen molar-refractivity contribution < 1.29 is 14.2 Å². The SMILES string of the molecule is CC(=NNC(=O)c1nnn(-c2nonc2N)c1CN1CCOCC1)c1ccc(CC(C)C)cc1. The van der Waals surface area contributed by atoms with E-state index < -0.39 is 5.91 Å². The maximum atomic E-state index is 13.0. The maximum Gasteiger partial charge on any atom is 0.293 e. The van der Waals surface area contributed by atoms with Gasteiger partial charge in [-0.25, -0.2) is 10.1 Å². The van der Waals surface area contributed by atoms with Crippen LogP contribution in [0.15, 0.2) is 34.0 Å². The number of hydrogen-bond acceptors (Lipinski definition) is 10. The molecular formula is C22H29N9O3. The molecule has 1 aliphatic heterocycles. The van der Waals surface area contributed by atoms with E-state index in [-0.39, 0.29) is 17.3 Å². The summed E-state index contributed by atoms with van der Waals surface area (Å²) in [5, 5.41) is 19.8. The zero-order chi connectivity index (χ0) is 24.1. The molecule has 0 radical (unpaired) electrons. The molecule has 12 nitrogen and oxygen atoms in total. The lowest BCUT2D eigenvalue weighted by molar-refractivity contribution is 0.0332. The van der Waals surface area contributed by atoms with E-state index in [0.717, 1.165) is 12.0 Å². The van der Waals surface area contributed by atoms with E-state index >= 15 is 0 Å². The summed E-state index contributed by atoms with van der Waals surface area (Å²) in [7, 11) is 0. The van der Waals surface area contributed by atoms with Gasteiger partial charge in [0, 0.05) is 19.6 Å². The molecule has 12 heteroatoms. The van der Waals surface area contributed by atoms with Crippen LogP contribution in [0.25, 0.3) is 5.82 Å². The molecule has 1 saturated heterocycles. The molecule has 1 aromatic carbocycles. The Balaban J connectivity index is 1.54. The highest BCUT2D eigenvalue weighted by Gasteiger charge is 2.26. The first-order valence-electron chi connectivity index (χ1n) is 11.2. The molecule has 34 heavy (non-hydrogen) atoms. The number of nitrogen functional groups attached to an aromatic ring is 1. The minimum absolute atomic E-state index is 0.0508. The molecule has 1 aliphatic rings. The van der Waals surface area contributed by atoms with Crippen molar-refractivity contribution in [3.8, 4) is 5.82 Å². The van der Waals surface area contributed by atoms with E-state index in [1.807, 2.05) is 19.1 Å². The summed E-state index contributed by atoms with van der Waals surface area (Å²) in [5.74, 6) is 0.328. The summed E-state index contributed by atoms with van der Waals surface area (Å²) in [5.41, 5.74) is 11.9. The second kappa shape index (κ2) is 10.5. The highest BCUT2D eigenvalue weighted by atomic mass is 16.6. The molecule has 3 aromatic rings. The quantitative estimate of drug-likeness (QED) is 0.370. The van der Waals surface area contributed by atoms with Crippen LogP contribution in [0, 0.1) is 5.92 Å². The van der Waals surface area contributed by atoms with Crippen LogP contribution >= 0.6 is 0 Å². The Hall–Kier alpha value is -3.64. The molecule has 0 spiro atoms. The standard InChI is InChI=1S/C22H29N9O3/c1-14(2)12-16-4-6-17(7-5-16)15(3)24-26-22(32)19-18(13-30-8-10-33-11-9-30)31(29-25-19)21-20(23)27-34-28-21/h4-7,14H,8-13H2,1-3H3,(H2,23,27)(H,26,32). The summed E-state index contributed by atoms with van der Waals surface area (Å²) in [6.07, 6.45) is 1.01. The Morgan fingerprint density at radius 1 is 1.21 bits per heavy atom. The van der Waals surface area contributed by atoms with E-state index in [9.17, 15) is 4.79 Å². The third kappa shape index (κ3) is 5.46. The number of anilines is 1. The molecule has 1 amide bonds. The average molecular weight is 468 g/mol. The number of hydrazone groups is 1. The summed E-state index contributed by atoms with van der Waals surface area (Å²) in [6, 6.07) is 8.17. The van der Waals surface area contributed by atoms with Crippen molar-refractivity contribution in [2.75, 3.05) is 32.0 Å². The molecule has 1 fully saturated rings. The number of nitrogens with one attached hydrogen (secondary N) is 1. The van der Waals surface area contributed by atoms with Gasteiger partial charge in [-0.2, -0.15) is 9.78 Å². The van der Waals surface area contributed by atoms with Crippen molar-refractivity contribution in [1.82, 2.24) is 35.6 Å². The smallest absolute Gasteiger partial charge is 0.293 e. The fraction of sp³-hybridized carbons (Fsp3) is 0.455. The Morgan fingerprint density at radius 2 is 1.94 bits per heavy atom. The van der Waals surface area contributed by atoms with Gasteiger partial charge >= 0.3 is 0 Å². The van der Waals surface area contributed by atoms with Crippen molar-refractivity contribution in [2.24, 2.45) is 11.0 Å². The second-order valence-corrected chi connectivity index (χ2v) is 8.59. The fourth-order valence-corrected chi connectivity index (χ4v) is 3.70. The number of amides is 1. The number of morpholine rings is 1. The summed E-state index contributed by atoms with van der Waals surface area (Å²) in [4.78, 5) is 15.1. The molecule has 3 N–H and O–H groups in total. The van der Waals surface area contributed by atoms with Gasteiger partial charge in [-0.3, -0.25) is 9.69 Å². The van der Waals surface area contributed by atoms with Gasteiger partial charge in [-0.05, 0) is 40.7 Å². The Labute approximate surface area is 197 Å². The van der Waals surface area contributed by atoms with Crippen LogP contribution in [0.1, 0.15) is 48.1 Å². The van der Waals surface area contributed by atoms with E-state index in [4.69, 9.17) is 15.1 Å². The van der Waals surface area contributed by atoms with Crippen molar-refractivity contribution in [3.05, 3.63) is 46.8 Å². The van der Waals surface area contributed by atoms with Crippen molar-refractivity contribution >= 4 is 17.4 Å². The normalized spacial score (nSPS) is 15.1. The maximum absolute atomic E-state index is 13.0. The van der Waals surface area contributed by atoms with Crippen LogP contribution in [0.2, 0.25) is 0 Å². The summed E-state index contributed by atoms with van der Waals surface area (Å²) >= 11 is 0. The van der Waals surface area contributed by atoms with E-state index in [2.05, 4.69) is 62.0 Å². The van der Waals surface area contributed by atoms with E-state index in [1.54, 1.807) is 0 Å². The first-order valence-corrected chi connectivity index (χ1v) is 11.2. The van der Waals surface area contributed by atoms with Gasteiger partial charge in [0.05, 0.1) is 24.6 Å². The largest absolute Gasteiger partial charge is 0.379 e. The van der Waals surface area contributed by atoms with Crippen molar-refractivity contribution in [3.63, 3.8) is 0 Å². The molecule has 0 saturated carbocycles. The number of nitrogens with zero attached hydrogens (tertiary/aromatic N) is 7. The number of rotatable bonds is 8. The molecule has 0 unspecified atom stereocenters. The molecule has 180 valence electrons. The third-order valence-corrected chi connectivity index (χ3v) is 5.49. The number of ether oxygens (including phenoxy) is 1. The number of benzene rings is 1. The lowest BCUT2D eigenvalue weighted by atomic mass is 10.0. The predicted molar refractivity (Wildman–Crippen MR) is 124 cm³/mol. The van der Waals surface area contributed by atoms with E-state index in [1.165, 1.54) is 10.2 Å². The highest BCUT2D eigenvalue weighted by Crippen LogP contribution is 2.18. The summed E-state index contributed by atoms with van der Waals surface area (Å²) < 4.78 is 11.5. The molecule has 3 heterocycles. The zero-order valence-electron chi connectivity index (χ0n) is 19.6. The zero-order valence-corrected chi connectivity index (χ0v) is 19.6. The average Bonchev–Trinajstić information content (AvgIpc) is 3.43. The van der Waals surface area contributed by atoms with E-state index in [0.29, 0.717) is 50.2 Å². The van der Waals surface area contributed by atoms with Crippen molar-refractivity contribution in [1.29, 1.82) is 0 Å². The molecule has 2 aromatic heterocycles. The minimum Gasteiger partial charge on any atom is -0.379 e. The Morgan fingerprint density at radius 3 is 2.59 bits per heavy atom. The monoisotopic (exact) mass is 467 g/mol. The van der Waals surface area contributed by atoms with Gasteiger partial charge in [0.25, 0.3) is 5.91 Å². The van der Waals surface area contributed by atoms with Gasteiger partial charge < -0.3 is 10.5 Å². The Bertz CT molecular complexity index is 1140. The lowest BCUT2D eigenvalue weighted by Gasteiger charge is -2.26.